The predicted octanol–water partition coefficient (Wildman–Crippen LogP) is 3.53. The number of amides is 1. The fourth-order valence-electron chi connectivity index (χ4n) is 5.53. The van der Waals surface area contributed by atoms with Crippen LogP contribution in [0.15, 0.2) is 36.1 Å². The first-order valence-corrected chi connectivity index (χ1v) is 13.6. The summed E-state index contributed by atoms with van der Waals surface area (Å²) in [5, 5.41) is 21.5. The number of hydrogen-bond acceptors (Lipinski definition) is 7. The zero-order valence-electron chi connectivity index (χ0n) is 23.7. The van der Waals surface area contributed by atoms with Crippen molar-refractivity contribution in [1.29, 1.82) is 0 Å². The number of methoxy groups -OCH3 is 1. The summed E-state index contributed by atoms with van der Waals surface area (Å²) in [7, 11) is 1.64. The van der Waals surface area contributed by atoms with Crippen LogP contribution in [-0.4, -0.2) is 79.1 Å². The van der Waals surface area contributed by atoms with Crippen LogP contribution >= 0.6 is 0 Å². The Hall–Kier alpha value is -1.71. The van der Waals surface area contributed by atoms with Gasteiger partial charge in [-0.2, -0.15) is 0 Å². The van der Waals surface area contributed by atoms with Crippen LogP contribution in [0.25, 0.3) is 0 Å². The van der Waals surface area contributed by atoms with Crippen LogP contribution in [0, 0.1) is 17.8 Å². The van der Waals surface area contributed by atoms with E-state index in [1.165, 1.54) is 17.9 Å². The SMILES string of the molecule is COC(C(C)O)C(C)[C@H]1O[C@]1(C)CC(C)/C=C/C=C(\C)[C@H]1O[C@@H](CNC(=O)C=COCCO)CC[C@@H]1C. The highest BCUT2D eigenvalue weighted by Crippen LogP contribution is 2.47. The highest BCUT2D eigenvalue weighted by Gasteiger charge is 2.56. The average Bonchev–Trinajstić information content (AvgIpc) is 3.51. The van der Waals surface area contributed by atoms with Gasteiger partial charge in [-0.1, -0.05) is 39.0 Å². The Balaban J connectivity index is 1.83. The second kappa shape index (κ2) is 15.0. The molecule has 0 spiro atoms. The maximum atomic E-state index is 11.9. The Kier molecular flexibility index (Phi) is 12.8. The van der Waals surface area contributed by atoms with Crippen molar-refractivity contribution in [2.45, 2.75) is 96.9 Å². The third-order valence-electron chi connectivity index (χ3n) is 7.49. The fourth-order valence-corrected chi connectivity index (χ4v) is 5.53. The van der Waals surface area contributed by atoms with Crippen LogP contribution in [0.5, 0.6) is 0 Å². The molecule has 0 aromatic heterocycles. The number of aliphatic hydroxyl groups is 2. The maximum Gasteiger partial charge on any atom is 0.247 e. The highest BCUT2D eigenvalue weighted by atomic mass is 16.6. The van der Waals surface area contributed by atoms with E-state index in [0.29, 0.717) is 18.4 Å². The molecule has 37 heavy (non-hydrogen) atoms. The molecule has 2 heterocycles. The molecule has 0 bridgehead atoms. The highest BCUT2D eigenvalue weighted by molar-refractivity contribution is 5.87. The molecule has 9 atom stereocenters. The Bertz CT molecular complexity index is 795. The van der Waals surface area contributed by atoms with Crippen LogP contribution in [0.3, 0.4) is 0 Å². The zero-order chi connectivity index (χ0) is 27.6. The van der Waals surface area contributed by atoms with Gasteiger partial charge in [0, 0.05) is 25.6 Å². The predicted molar refractivity (Wildman–Crippen MR) is 144 cm³/mol. The van der Waals surface area contributed by atoms with Crippen LogP contribution in [0.1, 0.15) is 60.8 Å². The Labute approximate surface area is 223 Å². The zero-order valence-corrected chi connectivity index (χ0v) is 23.7. The number of rotatable bonds is 15. The summed E-state index contributed by atoms with van der Waals surface area (Å²) in [5.74, 6) is 0.617. The summed E-state index contributed by atoms with van der Waals surface area (Å²) in [6.07, 6.45) is 11.2. The summed E-state index contributed by atoms with van der Waals surface area (Å²) < 4.78 is 22.9. The lowest BCUT2D eigenvalue weighted by molar-refractivity contribution is -0.118. The summed E-state index contributed by atoms with van der Waals surface area (Å²) in [6, 6.07) is 0. The largest absolute Gasteiger partial charge is 0.499 e. The molecule has 0 aliphatic carbocycles. The van der Waals surface area contributed by atoms with Gasteiger partial charge >= 0.3 is 0 Å². The number of epoxide rings is 1. The first-order chi connectivity index (χ1) is 17.5. The summed E-state index contributed by atoms with van der Waals surface area (Å²) in [5.41, 5.74) is 0.969. The van der Waals surface area contributed by atoms with Gasteiger partial charge in [0.25, 0.3) is 0 Å². The van der Waals surface area contributed by atoms with E-state index in [1.807, 2.05) is 0 Å². The topological polar surface area (TPSA) is 110 Å². The van der Waals surface area contributed by atoms with Crippen molar-refractivity contribution in [3.8, 4) is 0 Å². The molecule has 0 aromatic carbocycles. The molecule has 0 aromatic rings. The third-order valence-corrected chi connectivity index (χ3v) is 7.49. The van der Waals surface area contributed by atoms with E-state index in [4.69, 9.17) is 24.1 Å². The molecule has 8 heteroatoms. The number of ether oxygens (including phenoxy) is 4. The number of carbonyl (C=O) groups is 1. The van der Waals surface area contributed by atoms with Crippen LogP contribution in [0.4, 0.5) is 0 Å². The number of allylic oxidation sites excluding steroid dienone is 3. The normalized spacial score (nSPS) is 31.8. The monoisotopic (exact) mass is 523 g/mol. The molecule has 0 saturated carbocycles. The molecule has 4 unspecified atom stereocenters. The molecule has 0 radical (unpaired) electrons. The minimum absolute atomic E-state index is 0.0139. The smallest absolute Gasteiger partial charge is 0.247 e. The van der Waals surface area contributed by atoms with Crippen LogP contribution < -0.4 is 5.32 Å². The van der Waals surface area contributed by atoms with Crippen molar-refractivity contribution < 1.29 is 34.0 Å². The molecule has 2 rings (SSSR count). The minimum atomic E-state index is -0.534. The van der Waals surface area contributed by atoms with Crippen LogP contribution in [-0.2, 0) is 23.7 Å². The van der Waals surface area contributed by atoms with Gasteiger partial charge in [-0.15, -0.1) is 0 Å². The van der Waals surface area contributed by atoms with Crippen molar-refractivity contribution in [3.63, 3.8) is 0 Å². The van der Waals surface area contributed by atoms with E-state index >= 15 is 0 Å². The van der Waals surface area contributed by atoms with Gasteiger partial charge in [0.15, 0.2) is 0 Å². The van der Waals surface area contributed by atoms with Gasteiger partial charge in [-0.25, -0.2) is 0 Å². The van der Waals surface area contributed by atoms with Gasteiger partial charge in [0.05, 0.1) is 49.0 Å². The summed E-state index contributed by atoms with van der Waals surface area (Å²) in [6.45, 7) is 13.0. The van der Waals surface area contributed by atoms with E-state index < -0.39 is 6.10 Å². The van der Waals surface area contributed by atoms with Crippen molar-refractivity contribution in [3.05, 3.63) is 36.1 Å². The molecule has 3 N–H and O–H groups in total. The lowest BCUT2D eigenvalue weighted by atomic mass is 9.85. The lowest BCUT2D eigenvalue weighted by Crippen LogP contribution is -2.41. The maximum absolute atomic E-state index is 11.9. The Morgan fingerprint density at radius 3 is 2.65 bits per heavy atom. The quantitative estimate of drug-likeness (QED) is 0.0990. The number of carbonyl (C=O) groups excluding carboxylic acids is 1. The van der Waals surface area contributed by atoms with Gasteiger partial charge in [-0.05, 0) is 57.4 Å². The first-order valence-electron chi connectivity index (χ1n) is 13.6. The number of nitrogens with one attached hydrogen (secondary N) is 1. The molecule has 2 aliphatic rings. The fraction of sp³-hybridized carbons (Fsp3) is 0.759. The molecule has 1 amide bonds. The Morgan fingerprint density at radius 1 is 1.27 bits per heavy atom. The molecule has 2 saturated heterocycles. The van der Waals surface area contributed by atoms with Crippen molar-refractivity contribution in [1.82, 2.24) is 5.32 Å². The van der Waals surface area contributed by atoms with Gasteiger partial charge < -0.3 is 34.5 Å². The number of hydrogen-bond donors (Lipinski definition) is 3. The van der Waals surface area contributed by atoms with E-state index in [0.717, 1.165) is 19.3 Å². The minimum Gasteiger partial charge on any atom is -0.499 e. The van der Waals surface area contributed by atoms with E-state index in [9.17, 15) is 9.90 Å². The average molecular weight is 524 g/mol. The van der Waals surface area contributed by atoms with Crippen LogP contribution in [0.2, 0.25) is 0 Å². The van der Waals surface area contributed by atoms with Gasteiger partial charge in [-0.3, -0.25) is 4.79 Å². The summed E-state index contributed by atoms with van der Waals surface area (Å²) >= 11 is 0. The third kappa shape index (κ3) is 9.84. The molecular formula is C29H49NO7. The van der Waals surface area contributed by atoms with Crippen molar-refractivity contribution in [2.24, 2.45) is 17.8 Å². The molecular weight excluding hydrogens is 474 g/mol. The first kappa shape index (κ1) is 31.5. The van der Waals surface area contributed by atoms with E-state index in [2.05, 4.69) is 58.2 Å². The molecule has 2 aliphatic heterocycles. The summed E-state index contributed by atoms with van der Waals surface area (Å²) in [4.78, 5) is 11.9. The second-order valence-electron chi connectivity index (χ2n) is 11.0. The van der Waals surface area contributed by atoms with E-state index in [-0.39, 0.29) is 55.1 Å². The Morgan fingerprint density at radius 2 is 2.00 bits per heavy atom. The lowest BCUT2D eigenvalue weighted by Gasteiger charge is -2.35. The molecule has 8 nitrogen and oxygen atoms in total. The van der Waals surface area contributed by atoms with Gasteiger partial charge in [0.1, 0.15) is 6.61 Å². The van der Waals surface area contributed by atoms with Crippen molar-refractivity contribution >= 4 is 5.91 Å². The second-order valence-corrected chi connectivity index (χ2v) is 11.0. The molecule has 212 valence electrons. The molecule has 2 fully saturated rings. The number of aliphatic hydroxyl groups excluding tert-OH is 2. The van der Waals surface area contributed by atoms with Gasteiger partial charge in [0.2, 0.25) is 5.91 Å². The standard InChI is InChI=1S/C29H49NO7/c1-19(17-29(6)28(37-29)22(4)27(34-7)23(5)32)9-8-10-20(2)26-21(3)11-12-24(36-26)18-30-25(33)13-15-35-16-14-31/h8-10,13,15,19,21-24,26-28,31-32H,11-12,14,16-18H2,1-7H3,(H,30,33)/b9-8+,15-13?,20-10+/t19?,21-,22?,23?,24+,26+,27?,28+,29+/m0/s1. The van der Waals surface area contributed by atoms with E-state index in [1.54, 1.807) is 14.0 Å². The van der Waals surface area contributed by atoms with Crippen molar-refractivity contribution in [2.75, 3.05) is 26.9 Å².